The van der Waals surface area contributed by atoms with Crippen LogP contribution in [0.4, 0.5) is 4.39 Å². The van der Waals surface area contributed by atoms with E-state index in [0.29, 0.717) is 17.5 Å². The van der Waals surface area contributed by atoms with Crippen molar-refractivity contribution in [2.75, 3.05) is 13.1 Å². The normalized spacial score (nSPS) is 22.5. The first-order chi connectivity index (χ1) is 8.99. The van der Waals surface area contributed by atoms with E-state index >= 15 is 0 Å². The Labute approximate surface area is 123 Å². The van der Waals surface area contributed by atoms with Crippen LogP contribution in [0, 0.1) is 11.7 Å². The van der Waals surface area contributed by atoms with Gasteiger partial charge in [0, 0.05) is 19.1 Å². The Morgan fingerprint density at radius 3 is 2.84 bits per heavy atom. The Morgan fingerprint density at radius 1 is 1.42 bits per heavy atom. The summed E-state index contributed by atoms with van der Waals surface area (Å²) >= 11 is 11.9. The number of likely N-dealkylation sites (tertiary alicyclic amines) is 1. The van der Waals surface area contributed by atoms with E-state index < -0.39 is 5.82 Å². The molecule has 0 radical (unpaired) electrons. The zero-order valence-corrected chi connectivity index (χ0v) is 12.5. The van der Waals surface area contributed by atoms with Gasteiger partial charge in [0.25, 0.3) is 0 Å². The largest absolute Gasteiger partial charge is 0.328 e. The quantitative estimate of drug-likeness (QED) is 0.863. The molecule has 2 atom stereocenters. The molecule has 0 saturated carbocycles. The lowest BCUT2D eigenvalue weighted by atomic mass is 9.92. The van der Waals surface area contributed by atoms with E-state index in [1.807, 2.05) is 0 Å². The molecular formula is C14H19Cl2FN2. The maximum Gasteiger partial charge on any atom is 0.143 e. The second-order valence-corrected chi connectivity index (χ2v) is 6.09. The number of benzene rings is 1. The summed E-state index contributed by atoms with van der Waals surface area (Å²) in [5, 5.41) is 0.338. The first kappa shape index (κ1) is 15.0. The minimum atomic E-state index is -0.470. The van der Waals surface area contributed by atoms with Crippen molar-refractivity contribution in [2.45, 2.75) is 32.4 Å². The van der Waals surface area contributed by atoms with Gasteiger partial charge in [0.05, 0.1) is 10.0 Å². The maximum absolute atomic E-state index is 13.3. The Bertz CT molecular complexity index is 451. The van der Waals surface area contributed by atoms with Crippen molar-refractivity contribution in [3.8, 4) is 0 Å². The van der Waals surface area contributed by atoms with Crippen molar-refractivity contribution >= 4 is 23.2 Å². The summed E-state index contributed by atoms with van der Waals surface area (Å²) in [5.74, 6) is 0.0472. The number of halogens is 3. The first-order valence-electron chi connectivity index (χ1n) is 6.59. The van der Waals surface area contributed by atoms with Gasteiger partial charge in [-0.05, 0) is 43.9 Å². The highest BCUT2D eigenvalue weighted by Gasteiger charge is 2.23. The van der Waals surface area contributed by atoms with Gasteiger partial charge in [-0.1, -0.05) is 29.3 Å². The molecular weight excluding hydrogens is 286 g/mol. The van der Waals surface area contributed by atoms with Crippen LogP contribution in [0.25, 0.3) is 0 Å². The molecule has 19 heavy (non-hydrogen) atoms. The number of hydrogen-bond donors (Lipinski definition) is 1. The third-order valence-corrected chi connectivity index (χ3v) is 4.69. The Hall–Kier alpha value is -0.350. The summed E-state index contributed by atoms with van der Waals surface area (Å²) < 4.78 is 13.3. The lowest BCUT2D eigenvalue weighted by Gasteiger charge is -2.34. The van der Waals surface area contributed by atoms with Gasteiger partial charge < -0.3 is 5.73 Å². The molecule has 1 heterocycles. The number of nitrogens with zero attached hydrogens (tertiary/aromatic N) is 1. The zero-order chi connectivity index (χ0) is 14.0. The second-order valence-electron chi connectivity index (χ2n) is 5.33. The van der Waals surface area contributed by atoms with E-state index in [9.17, 15) is 4.39 Å². The van der Waals surface area contributed by atoms with Crippen LogP contribution in [0.15, 0.2) is 12.1 Å². The molecule has 2 N–H and O–H groups in total. The van der Waals surface area contributed by atoms with Crippen LogP contribution in [0.1, 0.15) is 25.3 Å². The summed E-state index contributed by atoms with van der Waals surface area (Å²) in [6.07, 6.45) is 2.31. The van der Waals surface area contributed by atoms with Crippen LogP contribution >= 0.6 is 23.2 Å². The number of rotatable bonds is 3. The summed E-state index contributed by atoms with van der Waals surface area (Å²) in [5.41, 5.74) is 6.85. The van der Waals surface area contributed by atoms with E-state index in [-0.39, 0.29) is 11.1 Å². The standard InChI is InChI=1S/C14H19Cl2FN2/c1-9(18)10-3-2-6-19(7-10)8-11-4-5-12(17)14(16)13(11)15/h4-5,9-10H,2-3,6-8,18H2,1H3. The van der Waals surface area contributed by atoms with Crippen LogP contribution in [0.3, 0.4) is 0 Å². The second kappa shape index (κ2) is 6.40. The molecule has 106 valence electrons. The molecule has 0 bridgehead atoms. The Balaban J connectivity index is 2.07. The Kier molecular flexibility index (Phi) is 5.07. The molecule has 0 spiro atoms. The fourth-order valence-electron chi connectivity index (χ4n) is 2.59. The summed E-state index contributed by atoms with van der Waals surface area (Å²) in [7, 11) is 0. The molecule has 2 unspecified atom stereocenters. The highest BCUT2D eigenvalue weighted by molar-refractivity contribution is 6.42. The number of nitrogens with two attached hydrogens (primary N) is 1. The lowest BCUT2D eigenvalue weighted by Crippen LogP contribution is -2.41. The predicted octanol–water partition coefficient (Wildman–Crippen LogP) is 3.69. The minimum Gasteiger partial charge on any atom is -0.328 e. The van der Waals surface area contributed by atoms with E-state index in [1.165, 1.54) is 12.5 Å². The zero-order valence-electron chi connectivity index (χ0n) is 11.0. The van der Waals surface area contributed by atoms with Crippen molar-refractivity contribution in [1.82, 2.24) is 4.90 Å². The van der Waals surface area contributed by atoms with Crippen LogP contribution in [-0.4, -0.2) is 24.0 Å². The van der Waals surface area contributed by atoms with Gasteiger partial charge >= 0.3 is 0 Å². The number of piperidine rings is 1. The first-order valence-corrected chi connectivity index (χ1v) is 7.35. The van der Waals surface area contributed by atoms with E-state index in [1.54, 1.807) is 6.07 Å². The topological polar surface area (TPSA) is 29.3 Å². The molecule has 0 aromatic heterocycles. The fraction of sp³-hybridized carbons (Fsp3) is 0.571. The minimum absolute atomic E-state index is 0.0138. The van der Waals surface area contributed by atoms with E-state index in [4.69, 9.17) is 28.9 Å². The molecule has 1 aromatic carbocycles. The predicted molar refractivity (Wildman–Crippen MR) is 78.1 cm³/mol. The third kappa shape index (κ3) is 3.60. The molecule has 1 aliphatic rings. The summed E-state index contributed by atoms with van der Waals surface area (Å²) in [4.78, 5) is 2.31. The molecule has 2 rings (SSSR count). The molecule has 2 nitrogen and oxygen atoms in total. The Morgan fingerprint density at radius 2 is 2.16 bits per heavy atom. The monoisotopic (exact) mass is 304 g/mol. The van der Waals surface area contributed by atoms with Crippen LogP contribution in [-0.2, 0) is 6.54 Å². The van der Waals surface area contributed by atoms with Crippen LogP contribution in [0.2, 0.25) is 10.0 Å². The molecule has 1 aromatic rings. The molecule has 5 heteroatoms. The summed E-state index contributed by atoms with van der Waals surface area (Å²) in [6, 6.07) is 3.28. The van der Waals surface area contributed by atoms with Gasteiger partial charge in [0.15, 0.2) is 0 Å². The summed E-state index contributed by atoms with van der Waals surface area (Å²) in [6.45, 7) is 4.73. The van der Waals surface area contributed by atoms with Gasteiger partial charge in [-0.2, -0.15) is 0 Å². The van der Waals surface area contributed by atoms with Gasteiger partial charge in [-0.15, -0.1) is 0 Å². The highest BCUT2D eigenvalue weighted by atomic mass is 35.5. The molecule has 1 fully saturated rings. The number of hydrogen-bond acceptors (Lipinski definition) is 2. The van der Waals surface area contributed by atoms with Gasteiger partial charge in [0.2, 0.25) is 0 Å². The highest BCUT2D eigenvalue weighted by Crippen LogP contribution is 2.30. The average molecular weight is 305 g/mol. The smallest absolute Gasteiger partial charge is 0.143 e. The van der Waals surface area contributed by atoms with Crippen molar-refractivity contribution in [3.05, 3.63) is 33.6 Å². The molecule has 1 saturated heterocycles. The molecule has 1 aliphatic heterocycles. The van der Waals surface area contributed by atoms with Gasteiger partial charge in [0.1, 0.15) is 5.82 Å². The lowest BCUT2D eigenvalue weighted by molar-refractivity contribution is 0.154. The van der Waals surface area contributed by atoms with Crippen molar-refractivity contribution < 1.29 is 4.39 Å². The van der Waals surface area contributed by atoms with Gasteiger partial charge in [-0.25, -0.2) is 4.39 Å². The SMILES string of the molecule is CC(N)C1CCCN(Cc2ccc(F)c(Cl)c2Cl)C1. The van der Waals surface area contributed by atoms with E-state index in [2.05, 4.69) is 11.8 Å². The fourth-order valence-corrected chi connectivity index (χ4v) is 2.99. The molecule has 0 aliphatic carbocycles. The van der Waals surface area contributed by atoms with Crippen molar-refractivity contribution in [2.24, 2.45) is 11.7 Å². The maximum atomic E-state index is 13.3. The van der Waals surface area contributed by atoms with Crippen LogP contribution in [0.5, 0.6) is 0 Å². The molecule has 0 amide bonds. The van der Waals surface area contributed by atoms with E-state index in [0.717, 1.165) is 25.1 Å². The van der Waals surface area contributed by atoms with Crippen molar-refractivity contribution in [3.63, 3.8) is 0 Å². The third-order valence-electron chi connectivity index (χ3n) is 3.79. The van der Waals surface area contributed by atoms with Crippen LogP contribution < -0.4 is 5.73 Å². The van der Waals surface area contributed by atoms with Gasteiger partial charge in [-0.3, -0.25) is 4.90 Å². The van der Waals surface area contributed by atoms with Crippen molar-refractivity contribution in [1.29, 1.82) is 0 Å². The average Bonchev–Trinajstić information content (AvgIpc) is 2.40.